The van der Waals surface area contributed by atoms with Gasteiger partial charge in [-0.05, 0) is 72.9 Å². The van der Waals surface area contributed by atoms with Crippen LogP contribution in [0.2, 0.25) is 0 Å². The van der Waals surface area contributed by atoms with E-state index in [1.807, 2.05) is 68.1 Å². The van der Waals surface area contributed by atoms with E-state index in [9.17, 15) is 9.18 Å². The standard InChI is InChI=1S/C30H29FN4O3S/c1-30(2,3)28(36)33-21-13-12-20(17-25(21)37-4)35-27(26(34-29(35)39)22-7-5-6-16-32-22)24-15-14-23(38-24)18-8-10-19(31)11-9-18/h5-17,26-27H,1-4H3,(H,33,36)(H,34,39)/t26-,27+/m0/s1. The summed E-state index contributed by atoms with van der Waals surface area (Å²) in [6.45, 7) is 5.55. The first-order chi connectivity index (χ1) is 18.7. The lowest BCUT2D eigenvalue weighted by molar-refractivity contribution is -0.123. The molecule has 2 aromatic carbocycles. The number of nitrogens with one attached hydrogen (secondary N) is 2. The Balaban J connectivity index is 1.55. The van der Waals surface area contributed by atoms with Crippen molar-refractivity contribution < 1.29 is 18.3 Å². The summed E-state index contributed by atoms with van der Waals surface area (Å²) in [4.78, 5) is 19.2. The van der Waals surface area contributed by atoms with Gasteiger partial charge < -0.3 is 24.7 Å². The van der Waals surface area contributed by atoms with E-state index in [4.69, 9.17) is 21.4 Å². The summed E-state index contributed by atoms with van der Waals surface area (Å²) in [5, 5.41) is 6.84. The van der Waals surface area contributed by atoms with Gasteiger partial charge in [-0.2, -0.15) is 0 Å². The molecule has 0 unspecified atom stereocenters. The minimum Gasteiger partial charge on any atom is -0.494 e. The van der Waals surface area contributed by atoms with Crippen molar-refractivity contribution in [3.05, 3.63) is 96.3 Å². The highest BCUT2D eigenvalue weighted by Gasteiger charge is 2.43. The average Bonchev–Trinajstić information content (AvgIpc) is 3.54. The first-order valence-electron chi connectivity index (χ1n) is 12.5. The van der Waals surface area contributed by atoms with Crippen LogP contribution in [0.5, 0.6) is 5.75 Å². The Labute approximate surface area is 232 Å². The molecule has 0 saturated carbocycles. The lowest BCUT2D eigenvalue weighted by atomic mass is 9.95. The molecule has 1 aliphatic heterocycles. The maximum Gasteiger partial charge on any atom is 0.229 e. The van der Waals surface area contributed by atoms with Gasteiger partial charge in [0.15, 0.2) is 5.11 Å². The smallest absolute Gasteiger partial charge is 0.229 e. The number of rotatable bonds is 6. The van der Waals surface area contributed by atoms with Gasteiger partial charge in [0, 0.05) is 28.9 Å². The zero-order valence-electron chi connectivity index (χ0n) is 22.1. The number of benzene rings is 2. The van der Waals surface area contributed by atoms with E-state index in [1.54, 1.807) is 31.5 Å². The van der Waals surface area contributed by atoms with Crippen molar-refractivity contribution in [3.8, 4) is 17.1 Å². The molecule has 2 N–H and O–H groups in total. The predicted octanol–water partition coefficient (Wildman–Crippen LogP) is 6.65. The predicted molar refractivity (Wildman–Crippen MR) is 153 cm³/mol. The maximum absolute atomic E-state index is 13.5. The van der Waals surface area contributed by atoms with Crippen molar-refractivity contribution in [1.82, 2.24) is 10.3 Å². The molecule has 1 amide bonds. The summed E-state index contributed by atoms with van der Waals surface area (Å²) in [5.74, 6) is 1.33. The Morgan fingerprint density at radius 1 is 1.10 bits per heavy atom. The monoisotopic (exact) mass is 544 g/mol. The molecule has 39 heavy (non-hydrogen) atoms. The van der Waals surface area contributed by atoms with E-state index in [2.05, 4.69) is 15.6 Å². The van der Waals surface area contributed by atoms with Gasteiger partial charge in [-0.3, -0.25) is 9.78 Å². The number of amides is 1. The van der Waals surface area contributed by atoms with Gasteiger partial charge in [0.2, 0.25) is 5.91 Å². The third kappa shape index (κ3) is 5.35. The molecule has 7 nitrogen and oxygen atoms in total. The third-order valence-corrected chi connectivity index (χ3v) is 6.85. The molecular formula is C30H29FN4O3S. The van der Waals surface area contributed by atoms with Gasteiger partial charge in [-0.1, -0.05) is 26.8 Å². The van der Waals surface area contributed by atoms with E-state index in [0.29, 0.717) is 28.1 Å². The minimum absolute atomic E-state index is 0.121. The van der Waals surface area contributed by atoms with Gasteiger partial charge in [0.25, 0.3) is 0 Å². The zero-order valence-corrected chi connectivity index (χ0v) is 22.9. The van der Waals surface area contributed by atoms with E-state index < -0.39 is 5.41 Å². The summed E-state index contributed by atoms with van der Waals surface area (Å²) in [7, 11) is 1.56. The Morgan fingerprint density at radius 3 is 2.54 bits per heavy atom. The summed E-state index contributed by atoms with van der Waals surface area (Å²) in [6.07, 6.45) is 1.74. The fourth-order valence-corrected chi connectivity index (χ4v) is 4.79. The Hall–Kier alpha value is -4.24. The van der Waals surface area contributed by atoms with Crippen LogP contribution in [0, 0.1) is 11.2 Å². The molecule has 1 aliphatic rings. The Morgan fingerprint density at radius 2 is 1.87 bits per heavy atom. The Bertz CT molecular complexity index is 1500. The number of carbonyl (C=O) groups is 1. The number of pyridine rings is 1. The van der Waals surface area contributed by atoms with E-state index >= 15 is 0 Å². The molecule has 3 heterocycles. The molecule has 0 spiro atoms. The minimum atomic E-state index is -0.563. The topological polar surface area (TPSA) is 79.6 Å². The SMILES string of the molecule is COc1cc(N2C(=S)N[C@@H](c3ccccn3)[C@H]2c2ccc(-c3ccc(F)cc3)o2)ccc1NC(=O)C(C)(C)C. The number of nitrogens with zero attached hydrogens (tertiary/aromatic N) is 2. The van der Waals surface area contributed by atoms with Crippen molar-refractivity contribution in [3.63, 3.8) is 0 Å². The average molecular weight is 545 g/mol. The molecule has 5 rings (SSSR count). The summed E-state index contributed by atoms with van der Waals surface area (Å²) in [5.41, 5.74) is 2.31. The molecule has 2 aromatic heterocycles. The number of ether oxygens (including phenoxy) is 1. The molecular weight excluding hydrogens is 515 g/mol. The number of aromatic nitrogens is 1. The fourth-order valence-electron chi connectivity index (χ4n) is 4.45. The highest BCUT2D eigenvalue weighted by atomic mass is 32.1. The summed E-state index contributed by atoms with van der Waals surface area (Å²) in [6, 6.07) is 20.5. The number of halogens is 1. The largest absolute Gasteiger partial charge is 0.494 e. The van der Waals surface area contributed by atoms with E-state index in [1.165, 1.54) is 12.1 Å². The summed E-state index contributed by atoms with van der Waals surface area (Å²) >= 11 is 5.82. The third-order valence-electron chi connectivity index (χ3n) is 6.54. The first kappa shape index (κ1) is 26.4. The van der Waals surface area contributed by atoms with Crippen LogP contribution in [0.3, 0.4) is 0 Å². The fraction of sp³-hybridized carbons (Fsp3) is 0.233. The number of hydrogen-bond donors (Lipinski definition) is 2. The number of methoxy groups -OCH3 is 1. The second-order valence-electron chi connectivity index (χ2n) is 10.3. The zero-order chi connectivity index (χ0) is 27.7. The molecule has 1 fully saturated rings. The Kier molecular flexibility index (Phi) is 7.10. The van der Waals surface area contributed by atoms with Crippen LogP contribution in [0.25, 0.3) is 11.3 Å². The van der Waals surface area contributed by atoms with Crippen LogP contribution >= 0.6 is 12.2 Å². The second-order valence-corrected chi connectivity index (χ2v) is 10.7. The summed E-state index contributed by atoms with van der Waals surface area (Å²) < 4.78 is 25.5. The van der Waals surface area contributed by atoms with Crippen molar-refractivity contribution in [2.45, 2.75) is 32.9 Å². The quantitative estimate of drug-likeness (QED) is 0.263. The highest BCUT2D eigenvalue weighted by molar-refractivity contribution is 7.80. The number of thiocarbonyl (C=S) groups is 1. The van der Waals surface area contributed by atoms with Crippen molar-refractivity contribution in [2.24, 2.45) is 5.41 Å². The van der Waals surface area contributed by atoms with Gasteiger partial charge in [0.1, 0.15) is 29.1 Å². The normalized spacial score (nSPS) is 17.2. The molecule has 0 aliphatic carbocycles. The van der Waals surface area contributed by atoms with Gasteiger partial charge >= 0.3 is 0 Å². The molecule has 2 atom stereocenters. The second kappa shape index (κ2) is 10.5. The van der Waals surface area contributed by atoms with Gasteiger partial charge in [0.05, 0.1) is 24.5 Å². The molecule has 0 bridgehead atoms. The number of carbonyl (C=O) groups excluding carboxylic acids is 1. The molecule has 200 valence electrons. The number of furan rings is 1. The highest BCUT2D eigenvalue weighted by Crippen LogP contribution is 2.44. The molecule has 0 radical (unpaired) electrons. The molecule has 4 aromatic rings. The van der Waals surface area contributed by atoms with Crippen LogP contribution in [0.15, 0.2) is 83.4 Å². The van der Waals surface area contributed by atoms with Crippen LogP contribution in [-0.4, -0.2) is 23.1 Å². The van der Waals surface area contributed by atoms with E-state index in [0.717, 1.165) is 16.9 Å². The van der Waals surface area contributed by atoms with Crippen LogP contribution in [0.4, 0.5) is 15.8 Å². The van der Waals surface area contributed by atoms with Gasteiger partial charge in [-0.15, -0.1) is 0 Å². The van der Waals surface area contributed by atoms with Crippen LogP contribution in [-0.2, 0) is 4.79 Å². The maximum atomic E-state index is 13.5. The van der Waals surface area contributed by atoms with Gasteiger partial charge in [-0.25, -0.2) is 4.39 Å². The molecule has 1 saturated heterocycles. The first-order valence-corrected chi connectivity index (χ1v) is 12.9. The lowest BCUT2D eigenvalue weighted by Gasteiger charge is -2.27. The lowest BCUT2D eigenvalue weighted by Crippen LogP contribution is -2.30. The van der Waals surface area contributed by atoms with Crippen molar-refractivity contribution in [2.75, 3.05) is 17.3 Å². The molecule has 9 heteroatoms. The van der Waals surface area contributed by atoms with E-state index in [-0.39, 0.29) is 23.8 Å². The van der Waals surface area contributed by atoms with Crippen molar-refractivity contribution >= 4 is 34.6 Å². The van der Waals surface area contributed by atoms with Crippen LogP contribution < -0.4 is 20.3 Å². The van der Waals surface area contributed by atoms with Crippen molar-refractivity contribution in [1.29, 1.82) is 0 Å². The van der Waals surface area contributed by atoms with Crippen LogP contribution in [0.1, 0.15) is 44.3 Å². The number of hydrogen-bond acceptors (Lipinski definition) is 5. The number of anilines is 2.